The van der Waals surface area contributed by atoms with Gasteiger partial charge in [0.05, 0.1) is 0 Å². The Hall–Kier alpha value is -0.430. The third kappa shape index (κ3) is 6.09. The highest BCUT2D eigenvalue weighted by molar-refractivity contribution is 8.31. The van der Waals surface area contributed by atoms with Crippen LogP contribution in [-0.4, -0.2) is 20.1 Å². The van der Waals surface area contributed by atoms with Gasteiger partial charge in [0.25, 0.3) is 0 Å². The van der Waals surface area contributed by atoms with Crippen molar-refractivity contribution in [2.75, 3.05) is 0 Å². The van der Waals surface area contributed by atoms with E-state index in [-0.39, 0.29) is 4.91 Å². The molecule has 82 valence electrons. The maximum Gasteiger partial charge on any atom is 0.166 e. The van der Waals surface area contributed by atoms with Crippen LogP contribution in [0.5, 0.6) is 0 Å². The normalized spacial score (nSPS) is 20.1. The van der Waals surface area contributed by atoms with Crippen LogP contribution in [0.2, 0.25) is 0 Å². The van der Waals surface area contributed by atoms with Gasteiger partial charge in [0, 0.05) is 21.8 Å². The van der Waals surface area contributed by atoms with Crippen molar-refractivity contribution in [3.8, 4) is 0 Å². The Morgan fingerprint density at radius 1 is 1.50 bits per heavy atom. The molecule has 2 atom stereocenters. The molecule has 0 amide bonds. The smallest absolute Gasteiger partial charge is 0.166 e. The molecule has 4 nitrogen and oxygen atoms in total. The maximum absolute atomic E-state index is 10.9. The number of hydrogen-bond acceptors (Lipinski definition) is 4. The van der Waals surface area contributed by atoms with Crippen molar-refractivity contribution >= 4 is 20.0 Å². The molecule has 0 aliphatic rings. The zero-order valence-electron chi connectivity index (χ0n) is 8.35. The van der Waals surface area contributed by atoms with Gasteiger partial charge in [-0.1, -0.05) is 0 Å². The van der Waals surface area contributed by atoms with Gasteiger partial charge >= 0.3 is 0 Å². The average Bonchev–Trinajstić information content (AvgIpc) is 1.96. The van der Waals surface area contributed by atoms with Gasteiger partial charge < -0.3 is 15.0 Å². The summed E-state index contributed by atoms with van der Waals surface area (Å²) >= 11 is 4.36. The first-order valence-electron chi connectivity index (χ1n) is 4.00. The molecule has 0 heterocycles. The molecule has 0 aromatic carbocycles. The van der Waals surface area contributed by atoms with E-state index in [0.29, 0.717) is 5.70 Å². The fraction of sp³-hybridized carbons (Fsp3) is 0.500. The molecular weight excluding hydrogens is 222 g/mol. The molecule has 2 unspecified atom stereocenters. The second-order valence-corrected chi connectivity index (χ2v) is 5.87. The van der Waals surface area contributed by atoms with Gasteiger partial charge in [0.2, 0.25) is 0 Å². The van der Waals surface area contributed by atoms with Crippen LogP contribution in [0.4, 0.5) is 0 Å². The Balaban J connectivity index is 4.55. The van der Waals surface area contributed by atoms with E-state index in [1.807, 2.05) is 0 Å². The van der Waals surface area contributed by atoms with E-state index in [4.69, 9.17) is 9.66 Å². The Labute approximate surface area is 89.2 Å². The van der Waals surface area contributed by atoms with Crippen molar-refractivity contribution in [1.82, 2.24) is 5.32 Å². The summed E-state index contributed by atoms with van der Waals surface area (Å²) in [5.41, 5.74) is 0.693. The summed E-state index contributed by atoms with van der Waals surface area (Å²) in [7, 11) is -3.27. The molecule has 0 aromatic rings. The van der Waals surface area contributed by atoms with Gasteiger partial charge in [0.1, 0.15) is 6.23 Å². The van der Waals surface area contributed by atoms with Crippen molar-refractivity contribution in [3.05, 3.63) is 22.8 Å². The summed E-state index contributed by atoms with van der Waals surface area (Å²) in [6, 6.07) is 0. The lowest BCUT2D eigenvalue weighted by Crippen LogP contribution is -2.22. The monoisotopic (exact) mass is 237 g/mol. The highest BCUT2D eigenvalue weighted by atomic mass is 32.8. The summed E-state index contributed by atoms with van der Waals surface area (Å²) < 4.78 is 19.9. The Morgan fingerprint density at radius 3 is 2.36 bits per heavy atom. The number of rotatable bonds is 4. The van der Waals surface area contributed by atoms with Crippen molar-refractivity contribution < 1.29 is 13.9 Å². The van der Waals surface area contributed by atoms with Gasteiger partial charge in [0.15, 0.2) is 8.77 Å². The predicted molar refractivity (Wildman–Crippen MR) is 60.5 cm³/mol. The minimum Gasteiger partial charge on any atom is -0.374 e. The van der Waals surface area contributed by atoms with Gasteiger partial charge in [-0.3, -0.25) is 0 Å². The highest BCUT2D eigenvalue weighted by Gasteiger charge is 2.01. The molecular formula is C8H15NO3S2. The highest BCUT2D eigenvalue weighted by Crippen LogP contribution is 2.03. The van der Waals surface area contributed by atoms with E-state index in [2.05, 4.69) is 16.5 Å². The fourth-order valence-electron chi connectivity index (χ4n) is 0.706. The molecule has 0 radical (unpaired) electrons. The van der Waals surface area contributed by atoms with E-state index >= 15 is 0 Å². The van der Waals surface area contributed by atoms with Gasteiger partial charge in [-0.05, 0) is 32.9 Å². The van der Waals surface area contributed by atoms with Crippen LogP contribution in [0.3, 0.4) is 0 Å². The molecule has 0 saturated heterocycles. The lowest BCUT2D eigenvalue weighted by molar-refractivity contribution is 0.169. The van der Waals surface area contributed by atoms with Crippen LogP contribution in [0.1, 0.15) is 20.8 Å². The third-order valence-electron chi connectivity index (χ3n) is 1.41. The van der Waals surface area contributed by atoms with Crippen molar-refractivity contribution in [2.24, 2.45) is 0 Å². The first-order chi connectivity index (χ1) is 6.23. The predicted octanol–water partition coefficient (Wildman–Crippen LogP) is 0.941. The quantitative estimate of drug-likeness (QED) is 0.501. The average molecular weight is 237 g/mol. The zero-order valence-corrected chi connectivity index (χ0v) is 9.98. The van der Waals surface area contributed by atoms with E-state index in [0.717, 1.165) is 0 Å². The van der Waals surface area contributed by atoms with E-state index in [9.17, 15) is 4.21 Å². The molecule has 0 bridgehead atoms. The van der Waals surface area contributed by atoms with Crippen LogP contribution >= 0.6 is 0 Å². The minimum atomic E-state index is -3.27. The Kier molecular flexibility index (Phi) is 5.28. The molecule has 0 spiro atoms. The second-order valence-electron chi connectivity index (χ2n) is 2.92. The lowest BCUT2D eigenvalue weighted by Gasteiger charge is -2.07. The molecule has 0 aliphatic heterocycles. The topological polar surface area (TPSA) is 69.6 Å². The number of nitrogens with one attached hydrogen (secondary N) is 1. The van der Waals surface area contributed by atoms with Crippen LogP contribution < -0.4 is 5.32 Å². The summed E-state index contributed by atoms with van der Waals surface area (Å²) in [5.74, 6) is 0. The minimum absolute atomic E-state index is 0.222. The molecule has 14 heavy (non-hydrogen) atoms. The van der Waals surface area contributed by atoms with E-state index < -0.39 is 15.0 Å². The van der Waals surface area contributed by atoms with Gasteiger partial charge in [-0.15, -0.1) is 0 Å². The van der Waals surface area contributed by atoms with Gasteiger partial charge in [-0.25, -0.2) is 4.21 Å². The third-order valence-corrected chi connectivity index (χ3v) is 3.15. The first-order valence-corrected chi connectivity index (χ1v) is 6.45. The van der Waals surface area contributed by atoms with Crippen molar-refractivity contribution in [1.29, 1.82) is 0 Å². The SMILES string of the molecule is C/C(=C\C=C(/C)S(=O)(O)=S)NC(C)O. The van der Waals surface area contributed by atoms with Crippen molar-refractivity contribution in [3.63, 3.8) is 0 Å². The molecule has 0 aliphatic carbocycles. The number of aliphatic hydroxyl groups is 1. The van der Waals surface area contributed by atoms with E-state index in [1.54, 1.807) is 19.9 Å². The number of aliphatic hydroxyl groups excluding tert-OH is 1. The second kappa shape index (κ2) is 5.45. The van der Waals surface area contributed by atoms with Crippen LogP contribution in [0, 0.1) is 0 Å². The first kappa shape index (κ1) is 13.6. The van der Waals surface area contributed by atoms with Crippen molar-refractivity contribution in [2.45, 2.75) is 27.0 Å². The summed E-state index contributed by atoms with van der Waals surface area (Å²) in [6.45, 7) is 4.80. The maximum atomic E-state index is 10.9. The molecule has 3 N–H and O–H groups in total. The largest absolute Gasteiger partial charge is 0.374 e. The Bertz CT molecular complexity index is 342. The summed E-state index contributed by atoms with van der Waals surface area (Å²) in [4.78, 5) is 0.222. The number of allylic oxidation sites excluding steroid dienone is 4. The molecule has 0 rings (SSSR count). The van der Waals surface area contributed by atoms with Gasteiger partial charge in [-0.2, -0.15) is 0 Å². The fourth-order valence-corrected chi connectivity index (χ4v) is 1.11. The standard InChI is InChI=1S/C8H15NO3S2/c1-6(9-8(3)10)4-5-7(2)14(11,12)13/h4-5,8-10H,1-3H3,(H,11,12,13)/b6-4+,7-5+. The molecule has 0 fully saturated rings. The van der Waals surface area contributed by atoms with Crippen LogP contribution in [0.15, 0.2) is 22.8 Å². The summed E-state index contributed by atoms with van der Waals surface area (Å²) in [6.07, 6.45) is 2.39. The zero-order chi connectivity index (χ0) is 11.4. The molecule has 0 saturated carbocycles. The lowest BCUT2D eigenvalue weighted by atomic mass is 10.4. The van der Waals surface area contributed by atoms with E-state index in [1.165, 1.54) is 13.0 Å². The molecule has 0 aromatic heterocycles. The number of hydrogen-bond donors (Lipinski definition) is 3. The summed E-state index contributed by atoms with van der Waals surface area (Å²) in [5, 5.41) is 11.7. The molecule has 6 heteroatoms. The van der Waals surface area contributed by atoms with Crippen LogP contribution in [-0.2, 0) is 20.0 Å². The Morgan fingerprint density at radius 2 is 2.00 bits per heavy atom. The van der Waals surface area contributed by atoms with Crippen LogP contribution in [0.25, 0.3) is 0 Å².